The van der Waals surface area contributed by atoms with Crippen molar-refractivity contribution in [1.82, 2.24) is 10.2 Å². The molecule has 1 aliphatic rings. The van der Waals surface area contributed by atoms with E-state index in [0.717, 1.165) is 0 Å². The summed E-state index contributed by atoms with van der Waals surface area (Å²) in [5.74, 6) is 0. The van der Waals surface area contributed by atoms with E-state index in [9.17, 15) is 0 Å². The lowest BCUT2D eigenvalue weighted by atomic mass is 9.82. The van der Waals surface area contributed by atoms with Crippen LogP contribution in [0.4, 0.5) is 0 Å². The van der Waals surface area contributed by atoms with Crippen LogP contribution in [0.25, 0.3) is 0 Å². The van der Waals surface area contributed by atoms with Crippen LogP contribution >= 0.6 is 0 Å². The van der Waals surface area contributed by atoms with E-state index in [-0.39, 0.29) is 0 Å². The molecule has 1 aliphatic heterocycles. The molecule has 0 aromatic rings. The van der Waals surface area contributed by atoms with E-state index in [2.05, 4.69) is 31.0 Å². The second kappa shape index (κ2) is 4.43. The zero-order valence-electron chi connectivity index (χ0n) is 9.56. The molecule has 0 radical (unpaired) electrons. The Morgan fingerprint density at radius 3 is 2.31 bits per heavy atom. The van der Waals surface area contributed by atoms with E-state index in [0.29, 0.717) is 11.5 Å². The highest BCUT2D eigenvalue weighted by atomic mass is 15.1. The maximum absolute atomic E-state index is 3.29. The van der Waals surface area contributed by atoms with Gasteiger partial charge in [-0.3, -0.25) is 0 Å². The third-order valence-corrected chi connectivity index (χ3v) is 3.23. The first-order valence-corrected chi connectivity index (χ1v) is 5.43. The van der Waals surface area contributed by atoms with Crippen LogP contribution in [-0.4, -0.2) is 37.6 Å². The maximum atomic E-state index is 3.29. The lowest BCUT2D eigenvalue weighted by Crippen LogP contribution is -2.43. The van der Waals surface area contributed by atoms with E-state index < -0.39 is 0 Å². The van der Waals surface area contributed by atoms with E-state index in [1.54, 1.807) is 0 Å². The average molecular weight is 184 g/mol. The number of likely N-dealkylation sites (N-methyl/N-ethyl adjacent to an activating group) is 1. The number of rotatable bonds is 3. The number of likely N-dealkylation sites (tertiary alicyclic amines) is 1. The predicted molar refractivity (Wildman–Crippen MR) is 58.0 cm³/mol. The highest BCUT2D eigenvalue weighted by Crippen LogP contribution is 2.29. The van der Waals surface area contributed by atoms with Crippen LogP contribution in [0, 0.1) is 5.41 Å². The minimum Gasteiger partial charge on any atom is -0.316 e. The molecule has 1 atom stereocenters. The van der Waals surface area contributed by atoms with Crippen LogP contribution in [0.5, 0.6) is 0 Å². The monoisotopic (exact) mass is 184 g/mol. The van der Waals surface area contributed by atoms with Gasteiger partial charge in [0.2, 0.25) is 0 Å². The van der Waals surface area contributed by atoms with Crippen LogP contribution in [0.15, 0.2) is 0 Å². The molecule has 0 amide bonds. The van der Waals surface area contributed by atoms with Gasteiger partial charge >= 0.3 is 0 Å². The molecule has 0 bridgehead atoms. The third kappa shape index (κ3) is 3.65. The molecule has 2 nitrogen and oxygen atoms in total. The van der Waals surface area contributed by atoms with E-state index in [1.807, 2.05) is 7.05 Å². The number of piperidine rings is 1. The molecule has 1 saturated heterocycles. The summed E-state index contributed by atoms with van der Waals surface area (Å²) in [6.45, 7) is 10.8. The van der Waals surface area contributed by atoms with Gasteiger partial charge in [0.1, 0.15) is 0 Å². The summed E-state index contributed by atoms with van der Waals surface area (Å²) in [5, 5.41) is 3.29. The number of hydrogen-bond donors (Lipinski definition) is 1. The van der Waals surface area contributed by atoms with Crippen LogP contribution in [0.3, 0.4) is 0 Å². The Morgan fingerprint density at radius 2 is 1.85 bits per heavy atom. The lowest BCUT2D eigenvalue weighted by Gasteiger charge is -2.37. The van der Waals surface area contributed by atoms with Crippen molar-refractivity contribution in [3.8, 4) is 0 Å². The molecular weight excluding hydrogens is 160 g/mol. The topological polar surface area (TPSA) is 15.3 Å². The fourth-order valence-electron chi connectivity index (χ4n) is 1.82. The average Bonchev–Trinajstić information content (AvgIpc) is 2.08. The lowest BCUT2D eigenvalue weighted by molar-refractivity contribution is 0.125. The molecule has 0 aliphatic carbocycles. The van der Waals surface area contributed by atoms with Gasteiger partial charge in [0.25, 0.3) is 0 Å². The van der Waals surface area contributed by atoms with Gasteiger partial charge in [0.15, 0.2) is 0 Å². The molecule has 1 unspecified atom stereocenters. The Morgan fingerprint density at radius 1 is 1.31 bits per heavy atom. The maximum Gasteiger partial charge on any atom is 0.0163 e. The summed E-state index contributed by atoms with van der Waals surface area (Å²) in [5.41, 5.74) is 0.583. The van der Waals surface area contributed by atoms with Crippen LogP contribution in [-0.2, 0) is 0 Å². The minimum atomic E-state index is 0.583. The Bertz CT molecular complexity index is 144. The van der Waals surface area contributed by atoms with Gasteiger partial charge in [0.05, 0.1) is 0 Å². The van der Waals surface area contributed by atoms with Gasteiger partial charge in [-0.05, 0) is 45.3 Å². The normalized spacial score (nSPS) is 25.8. The molecule has 2 heteroatoms. The highest BCUT2D eigenvalue weighted by molar-refractivity contribution is 4.79. The van der Waals surface area contributed by atoms with E-state index in [1.165, 1.54) is 32.5 Å². The molecule has 0 aromatic heterocycles. The Kier molecular flexibility index (Phi) is 3.74. The number of nitrogens with zero attached hydrogens (tertiary/aromatic N) is 1. The van der Waals surface area contributed by atoms with Crippen molar-refractivity contribution in [2.45, 2.75) is 39.7 Å². The summed E-state index contributed by atoms with van der Waals surface area (Å²) >= 11 is 0. The fraction of sp³-hybridized carbons (Fsp3) is 1.00. The van der Waals surface area contributed by atoms with Gasteiger partial charge in [-0.1, -0.05) is 13.8 Å². The fourth-order valence-corrected chi connectivity index (χ4v) is 1.82. The molecule has 78 valence electrons. The van der Waals surface area contributed by atoms with Crippen molar-refractivity contribution < 1.29 is 0 Å². The zero-order chi connectivity index (χ0) is 9.90. The van der Waals surface area contributed by atoms with Crippen LogP contribution in [0.1, 0.15) is 33.6 Å². The van der Waals surface area contributed by atoms with E-state index >= 15 is 0 Å². The second-order valence-electron chi connectivity index (χ2n) is 5.15. The Labute approximate surface area is 82.7 Å². The summed E-state index contributed by atoms with van der Waals surface area (Å²) in [6.07, 6.45) is 2.70. The highest BCUT2D eigenvalue weighted by Gasteiger charge is 2.25. The van der Waals surface area contributed by atoms with E-state index in [4.69, 9.17) is 0 Å². The van der Waals surface area contributed by atoms with Crippen molar-refractivity contribution in [1.29, 1.82) is 0 Å². The van der Waals surface area contributed by atoms with Gasteiger partial charge in [-0.25, -0.2) is 0 Å². The smallest absolute Gasteiger partial charge is 0.0163 e. The molecular formula is C11H24N2. The van der Waals surface area contributed by atoms with Gasteiger partial charge in [-0.2, -0.15) is 0 Å². The SMILES string of the molecule is CNC(C)CN1CCC(C)(C)CC1. The second-order valence-corrected chi connectivity index (χ2v) is 5.15. The van der Waals surface area contributed by atoms with Crippen molar-refractivity contribution >= 4 is 0 Å². The predicted octanol–water partition coefficient (Wildman–Crippen LogP) is 1.72. The summed E-state index contributed by atoms with van der Waals surface area (Å²) in [4.78, 5) is 2.58. The summed E-state index contributed by atoms with van der Waals surface area (Å²) in [6, 6.07) is 0.626. The van der Waals surface area contributed by atoms with Crippen molar-refractivity contribution in [2.75, 3.05) is 26.7 Å². The molecule has 13 heavy (non-hydrogen) atoms. The standard InChI is InChI=1S/C11H24N2/c1-10(12-4)9-13-7-5-11(2,3)6-8-13/h10,12H,5-9H2,1-4H3. The Balaban J connectivity index is 2.25. The minimum absolute atomic E-state index is 0.583. The van der Waals surface area contributed by atoms with Crippen molar-refractivity contribution in [3.05, 3.63) is 0 Å². The molecule has 1 fully saturated rings. The molecule has 1 rings (SSSR count). The number of nitrogens with one attached hydrogen (secondary N) is 1. The largest absolute Gasteiger partial charge is 0.316 e. The quantitative estimate of drug-likeness (QED) is 0.718. The number of hydrogen-bond acceptors (Lipinski definition) is 2. The van der Waals surface area contributed by atoms with Crippen LogP contribution < -0.4 is 5.32 Å². The summed E-state index contributed by atoms with van der Waals surface area (Å²) in [7, 11) is 2.04. The first-order chi connectivity index (χ1) is 6.03. The van der Waals surface area contributed by atoms with Crippen molar-refractivity contribution in [3.63, 3.8) is 0 Å². The Hall–Kier alpha value is -0.0800. The molecule has 1 heterocycles. The summed E-state index contributed by atoms with van der Waals surface area (Å²) < 4.78 is 0. The molecule has 1 N–H and O–H groups in total. The molecule has 0 saturated carbocycles. The molecule has 0 spiro atoms. The van der Waals surface area contributed by atoms with Crippen molar-refractivity contribution in [2.24, 2.45) is 5.41 Å². The first-order valence-electron chi connectivity index (χ1n) is 5.43. The van der Waals surface area contributed by atoms with Crippen LogP contribution in [0.2, 0.25) is 0 Å². The first kappa shape index (κ1) is 11.0. The third-order valence-electron chi connectivity index (χ3n) is 3.23. The van der Waals surface area contributed by atoms with Gasteiger partial charge in [-0.15, -0.1) is 0 Å². The molecule has 0 aromatic carbocycles. The van der Waals surface area contributed by atoms with Gasteiger partial charge < -0.3 is 10.2 Å². The van der Waals surface area contributed by atoms with Gasteiger partial charge in [0, 0.05) is 12.6 Å². The zero-order valence-corrected chi connectivity index (χ0v) is 9.56.